The molecule has 0 spiro atoms. The molecule has 100 valence electrons. The maximum atomic E-state index is 11.6. The quantitative estimate of drug-likeness (QED) is 0.413. The van der Waals surface area contributed by atoms with Crippen LogP contribution in [0.2, 0.25) is 0 Å². The van der Waals surface area contributed by atoms with Gasteiger partial charge in [-0.05, 0) is 0 Å². The molecule has 9 heteroatoms. The minimum atomic E-state index is -1.46. The van der Waals surface area contributed by atoms with Crippen LogP contribution in [0.25, 0.3) is 0 Å². The molecule has 0 amide bonds. The summed E-state index contributed by atoms with van der Waals surface area (Å²) in [7, 11) is 0. The molecule has 18 heavy (non-hydrogen) atoms. The maximum Gasteiger partial charge on any atom is 0.366 e. The molecule has 0 radical (unpaired) electrons. The number of hydrogen-bond acceptors (Lipinski definition) is 7. The average molecular weight is 260 g/mol. The molecule has 0 unspecified atom stereocenters. The van der Waals surface area contributed by atoms with Crippen LogP contribution < -0.4 is 11.2 Å². The molecular weight excluding hydrogens is 248 g/mol. The van der Waals surface area contributed by atoms with Crippen molar-refractivity contribution in [1.29, 1.82) is 0 Å². The molecule has 0 aliphatic carbocycles. The van der Waals surface area contributed by atoms with Gasteiger partial charge in [0, 0.05) is 12.3 Å². The van der Waals surface area contributed by atoms with Crippen molar-refractivity contribution in [1.82, 2.24) is 9.30 Å². The molecule has 1 aromatic heterocycles. The van der Waals surface area contributed by atoms with Crippen LogP contribution in [0, 0.1) is 0 Å². The fourth-order valence-electron chi connectivity index (χ4n) is 1.79. The number of aliphatic hydroxyl groups is 3. The first-order valence-corrected chi connectivity index (χ1v) is 5.13. The first kappa shape index (κ1) is 12.8. The molecule has 1 saturated heterocycles. The summed E-state index contributed by atoms with van der Waals surface area (Å²) in [5, 5.41) is 37.2. The number of aromatic nitrogens is 2. The second-order valence-corrected chi connectivity index (χ2v) is 3.88. The van der Waals surface area contributed by atoms with E-state index in [0.717, 1.165) is 16.8 Å². The van der Waals surface area contributed by atoms with Gasteiger partial charge in [-0.2, -0.15) is 0 Å². The lowest BCUT2D eigenvalue weighted by Gasteiger charge is -2.17. The van der Waals surface area contributed by atoms with Gasteiger partial charge in [0.25, 0.3) is 5.56 Å². The van der Waals surface area contributed by atoms with Crippen LogP contribution in [-0.2, 0) is 4.74 Å². The molecule has 1 aromatic rings. The van der Waals surface area contributed by atoms with E-state index in [0.29, 0.717) is 0 Å². The molecule has 0 aromatic carbocycles. The van der Waals surface area contributed by atoms with Gasteiger partial charge in [-0.15, -0.1) is 0 Å². The van der Waals surface area contributed by atoms with Crippen LogP contribution in [0.4, 0.5) is 0 Å². The third kappa shape index (κ3) is 1.82. The summed E-state index contributed by atoms with van der Waals surface area (Å²) in [5.41, 5.74) is -2.04. The summed E-state index contributed by atoms with van der Waals surface area (Å²) >= 11 is 0. The lowest BCUT2D eigenvalue weighted by atomic mass is 10.1. The van der Waals surface area contributed by atoms with E-state index in [2.05, 4.69) is 0 Å². The van der Waals surface area contributed by atoms with E-state index in [-0.39, 0.29) is 4.73 Å². The van der Waals surface area contributed by atoms with Crippen molar-refractivity contribution in [3.63, 3.8) is 0 Å². The molecule has 1 aliphatic rings. The Kier molecular flexibility index (Phi) is 3.22. The Bertz CT molecular complexity index is 551. The van der Waals surface area contributed by atoms with Crippen molar-refractivity contribution in [2.24, 2.45) is 0 Å². The molecular formula is C9H12N2O7. The summed E-state index contributed by atoms with van der Waals surface area (Å²) < 4.78 is 5.69. The summed E-state index contributed by atoms with van der Waals surface area (Å²) in [4.78, 5) is 22.5. The van der Waals surface area contributed by atoms with Crippen molar-refractivity contribution >= 4 is 0 Å². The number of nitrogens with zero attached hydrogens (tertiary/aromatic N) is 2. The van der Waals surface area contributed by atoms with Crippen LogP contribution in [-0.4, -0.2) is 54.7 Å². The fraction of sp³-hybridized carbons (Fsp3) is 0.556. The van der Waals surface area contributed by atoms with E-state index in [1.165, 1.54) is 0 Å². The molecule has 0 saturated carbocycles. The van der Waals surface area contributed by atoms with Gasteiger partial charge in [-0.1, -0.05) is 4.73 Å². The number of aliphatic hydroxyl groups excluding tert-OH is 3. The Morgan fingerprint density at radius 2 is 1.94 bits per heavy atom. The second-order valence-electron chi connectivity index (χ2n) is 3.88. The third-order valence-corrected chi connectivity index (χ3v) is 2.78. The van der Waals surface area contributed by atoms with Crippen LogP contribution in [0.3, 0.4) is 0 Å². The van der Waals surface area contributed by atoms with Crippen molar-refractivity contribution < 1.29 is 25.3 Å². The van der Waals surface area contributed by atoms with E-state index in [4.69, 9.17) is 15.1 Å². The molecule has 2 rings (SSSR count). The largest absolute Gasteiger partial charge is 0.421 e. The Morgan fingerprint density at radius 1 is 1.28 bits per heavy atom. The summed E-state index contributed by atoms with van der Waals surface area (Å²) in [6.07, 6.45) is -4.14. The van der Waals surface area contributed by atoms with Gasteiger partial charge in [0.05, 0.1) is 6.61 Å². The summed E-state index contributed by atoms with van der Waals surface area (Å²) in [6.45, 7) is -0.539. The first-order chi connectivity index (χ1) is 8.47. The summed E-state index contributed by atoms with van der Waals surface area (Å²) in [5.74, 6) is 0. The van der Waals surface area contributed by atoms with E-state index in [1.54, 1.807) is 0 Å². The van der Waals surface area contributed by atoms with Gasteiger partial charge in [-0.3, -0.25) is 9.36 Å². The van der Waals surface area contributed by atoms with Gasteiger partial charge in [0.2, 0.25) is 0 Å². The van der Waals surface area contributed by atoms with Crippen molar-refractivity contribution in [3.05, 3.63) is 33.1 Å². The van der Waals surface area contributed by atoms with Gasteiger partial charge in [-0.25, -0.2) is 4.79 Å². The SMILES string of the molecule is O=c1ccn([C@H]2O[C@H](CO)[C@@H](O)[C@H]2O)c(=O)n1O. The monoisotopic (exact) mass is 260 g/mol. The zero-order valence-corrected chi connectivity index (χ0v) is 9.08. The Hall–Kier alpha value is -1.68. The van der Waals surface area contributed by atoms with Crippen LogP contribution in [0.1, 0.15) is 6.23 Å². The van der Waals surface area contributed by atoms with Gasteiger partial charge >= 0.3 is 5.69 Å². The highest BCUT2D eigenvalue weighted by Gasteiger charge is 2.43. The van der Waals surface area contributed by atoms with E-state index in [9.17, 15) is 19.8 Å². The van der Waals surface area contributed by atoms with E-state index >= 15 is 0 Å². The van der Waals surface area contributed by atoms with Crippen LogP contribution >= 0.6 is 0 Å². The lowest BCUT2D eigenvalue weighted by Crippen LogP contribution is -2.42. The van der Waals surface area contributed by atoms with Crippen molar-refractivity contribution in [2.75, 3.05) is 6.61 Å². The first-order valence-electron chi connectivity index (χ1n) is 5.13. The van der Waals surface area contributed by atoms with Crippen molar-refractivity contribution in [2.45, 2.75) is 24.5 Å². The highest BCUT2D eigenvalue weighted by molar-refractivity contribution is 4.93. The Balaban J connectivity index is 2.42. The van der Waals surface area contributed by atoms with Crippen LogP contribution in [0.15, 0.2) is 21.9 Å². The van der Waals surface area contributed by atoms with Crippen LogP contribution in [0.5, 0.6) is 0 Å². The fourth-order valence-corrected chi connectivity index (χ4v) is 1.79. The second kappa shape index (κ2) is 4.53. The Morgan fingerprint density at radius 3 is 2.50 bits per heavy atom. The minimum absolute atomic E-state index is 0.144. The number of rotatable bonds is 2. The number of ether oxygens (including phenoxy) is 1. The molecule has 0 bridgehead atoms. The molecule has 1 aliphatic heterocycles. The molecule has 1 fully saturated rings. The predicted molar refractivity (Wildman–Crippen MR) is 55.2 cm³/mol. The molecule has 4 N–H and O–H groups in total. The number of hydrogen-bond donors (Lipinski definition) is 4. The van der Waals surface area contributed by atoms with Gasteiger partial charge < -0.3 is 25.3 Å². The third-order valence-electron chi connectivity index (χ3n) is 2.78. The minimum Gasteiger partial charge on any atom is -0.421 e. The standard InChI is InChI=1S/C9H12N2O7/c12-3-4-6(14)7(15)8(18-4)10-2-1-5(13)11(17)9(10)16/h1-2,4,6-8,12,14-15,17H,3H2/t4-,6-,7-,8+/m1/s1. The maximum absolute atomic E-state index is 11.6. The van der Waals surface area contributed by atoms with E-state index in [1.807, 2.05) is 0 Å². The molecule has 9 nitrogen and oxygen atoms in total. The lowest BCUT2D eigenvalue weighted by molar-refractivity contribution is -0.0578. The van der Waals surface area contributed by atoms with E-state index < -0.39 is 42.4 Å². The zero-order chi connectivity index (χ0) is 13.4. The highest BCUT2D eigenvalue weighted by Crippen LogP contribution is 2.27. The van der Waals surface area contributed by atoms with Gasteiger partial charge in [0.15, 0.2) is 6.23 Å². The predicted octanol–water partition coefficient (Wildman–Crippen LogP) is -3.14. The highest BCUT2D eigenvalue weighted by atomic mass is 16.6. The van der Waals surface area contributed by atoms with Crippen molar-refractivity contribution in [3.8, 4) is 0 Å². The average Bonchev–Trinajstić information content (AvgIpc) is 2.64. The topological polar surface area (TPSA) is 134 Å². The molecule has 4 atom stereocenters. The molecule has 2 heterocycles. The normalized spacial score (nSPS) is 31.7. The summed E-state index contributed by atoms with van der Waals surface area (Å²) in [6, 6.07) is 0.899. The van der Waals surface area contributed by atoms with Gasteiger partial charge in [0.1, 0.15) is 18.3 Å². The Labute approximate surface area is 99.7 Å². The zero-order valence-electron chi connectivity index (χ0n) is 9.08. The smallest absolute Gasteiger partial charge is 0.366 e.